The second kappa shape index (κ2) is 8.54. The van der Waals surface area contributed by atoms with Gasteiger partial charge in [0.2, 0.25) is 5.91 Å². The van der Waals surface area contributed by atoms with E-state index in [1.54, 1.807) is 6.07 Å². The molecule has 0 fully saturated rings. The van der Waals surface area contributed by atoms with Crippen LogP contribution in [-0.2, 0) is 29.3 Å². The van der Waals surface area contributed by atoms with Crippen LogP contribution in [0.1, 0.15) is 16.7 Å². The maximum Gasteiger partial charge on any atom is 0.246 e. The molecule has 2 aromatic rings. The van der Waals surface area contributed by atoms with E-state index in [-0.39, 0.29) is 19.1 Å². The Kier molecular flexibility index (Phi) is 6.40. The van der Waals surface area contributed by atoms with Crippen LogP contribution in [0, 0.1) is 0 Å². The Bertz CT molecular complexity index is 631. The molecular weight excluding hydrogens is 302 g/mol. The lowest BCUT2D eigenvalue weighted by molar-refractivity contribution is -0.126. The van der Waals surface area contributed by atoms with Gasteiger partial charge in [0, 0.05) is 11.6 Å². The lowest BCUT2D eigenvalue weighted by atomic mass is 10.1. The highest BCUT2D eigenvalue weighted by molar-refractivity contribution is 6.31. The number of hydrogen-bond acceptors (Lipinski definition) is 3. The fraction of sp³-hybridized carbons (Fsp3) is 0.235. The smallest absolute Gasteiger partial charge is 0.246 e. The third kappa shape index (κ3) is 4.84. The van der Waals surface area contributed by atoms with Crippen molar-refractivity contribution in [2.24, 2.45) is 0 Å². The molecule has 0 saturated heterocycles. The molecule has 0 heterocycles. The minimum Gasteiger partial charge on any atom is -0.392 e. The number of hydrogen-bond donors (Lipinski definition) is 2. The van der Waals surface area contributed by atoms with Crippen LogP contribution in [0.25, 0.3) is 0 Å². The van der Waals surface area contributed by atoms with E-state index in [9.17, 15) is 9.90 Å². The summed E-state index contributed by atoms with van der Waals surface area (Å²) in [7, 11) is 0. The highest BCUT2D eigenvalue weighted by Gasteiger charge is 2.05. The summed E-state index contributed by atoms with van der Waals surface area (Å²) < 4.78 is 5.36. The summed E-state index contributed by atoms with van der Waals surface area (Å²) >= 11 is 6.01. The molecule has 0 bridgehead atoms. The number of carbonyl (C=O) groups excluding carboxylic acids is 1. The molecule has 0 aromatic heterocycles. The van der Waals surface area contributed by atoms with E-state index in [0.717, 1.165) is 16.7 Å². The van der Waals surface area contributed by atoms with Crippen LogP contribution in [0.2, 0.25) is 5.02 Å². The van der Waals surface area contributed by atoms with E-state index in [0.29, 0.717) is 18.2 Å². The van der Waals surface area contributed by atoms with E-state index in [1.807, 2.05) is 42.5 Å². The first-order valence-corrected chi connectivity index (χ1v) is 7.34. The Morgan fingerprint density at radius 3 is 2.36 bits per heavy atom. The summed E-state index contributed by atoms with van der Waals surface area (Å²) in [6.07, 6.45) is 0. The average Bonchev–Trinajstić information content (AvgIpc) is 2.55. The number of benzene rings is 2. The Morgan fingerprint density at radius 2 is 1.68 bits per heavy atom. The molecule has 0 spiro atoms. The van der Waals surface area contributed by atoms with Crippen LogP contribution in [0.5, 0.6) is 0 Å². The molecule has 0 saturated carbocycles. The molecule has 2 rings (SSSR count). The van der Waals surface area contributed by atoms with Gasteiger partial charge in [-0.3, -0.25) is 4.79 Å². The number of amides is 1. The van der Waals surface area contributed by atoms with Crippen LogP contribution < -0.4 is 5.32 Å². The Balaban J connectivity index is 1.75. The SMILES string of the molecule is O=C(COCc1ccccc1Cl)NCc1ccccc1CO. The summed E-state index contributed by atoms with van der Waals surface area (Å²) in [6, 6.07) is 14.8. The summed E-state index contributed by atoms with van der Waals surface area (Å²) in [5, 5.41) is 12.6. The number of rotatable bonds is 7. The van der Waals surface area contributed by atoms with Gasteiger partial charge in [0.1, 0.15) is 6.61 Å². The number of nitrogens with one attached hydrogen (secondary N) is 1. The number of halogens is 1. The standard InChI is InChI=1S/C17H18ClNO3/c18-16-8-4-3-7-15(16)11-22-12-17(21)19-9-13-5-1-2-6-14(13)10-20/h1-8,20H,9-12H2,(H,19,21). The van der Waals surface area contributed by atoms with Gasteiger partial charge in [0.05, 0.1) is 13.2 Å². The fourth-order valence-electron chi connectivity index (χ4n) is 2.00. The normalized spacial score (nSPS) is 10.5. The van der Waals surface area contributed by atoms with E-state index >= 15 is 0 Å². The zero-order chi connectivity index (χ0) is 15.8. The van der Waals surface area contributed by atoms with Crippen molar-refractivity contribution in [2.45, 2.75) is 19.8 Å². The minimum absolute atomic E-state index is 0.0352. The van der Waals surface area contributed by atoms with Gasteiger partial charge in [-0.15, -0.1) is 0 Å². The minimum atomic E-state index is -0.209. The van der Waals surface area contributed by atoms with E-state index in [1.165, 1.54) is 0 Å². The van der Waals surface area contributed by atoms with Crippen molar-refractivity contribution in [3.8, 4) is 0 Å². The molecule has 5 heteroatoms. The Labute approximate surface area is 134 Å². The molecule has 0 aliphatic rings. The fourth-order valence-corrected chi connectivity index (χ4v) is 2.19. The van der Waals surface area contributed by atoms with Gasteiger partial charge < -0.3 is 15.2 Å². The second-order valence-electron chi connectivity index (χ2n) is 4.79. The van der Waals surface area contributed by atoms with Gasteiger partial charge in [-0.2, -0.15) is 0 Å². The number of ether oxygens (including phenoxy) is 1. The number of aliphatic hydroxyl groups excluding tert-OH is 1. The van der Waals surface area contributed by atoms with Crippen LogP contribution >= 0.6 is 11.6 Å². The second-order valence-corrected chi connectivity index (χ2v) is 5.19. The van der Waals surface area contributed by atoms with Crippen LogP contribution in [0.4, 0.5) is 0 Å². The molecule has 22 heavy (non-hydrogen) atoms. The summed E-state index contributed by atoms with van der Waals surface area (Å²) in [4.78, 5) is 11.8. The summed E-state index contributed by atoms with van der Waals surface area (Å²) in [5.41, 5.74) is 2.55. The summed E-state index contributed by atoms with van der Waals surface area (Å²) in [6.45, 7) is 0.576. The first-order chi connectivity index (χ1) is 10.7. The lowest BCUT2D eigenvalue weighted by Crippen LogP contribution is -2.27. The van der Waals surface area contributed by atoms with Gasteiger partial charge in [-0.25, -0.2) is 0 Å². The third-order valence-electron chi connectivity index (χ3n) is 3.21. The Morgan fingerprint density at radius 1 is 1.05 bits per heavy atom. The van der Waals surface area contributed by atoms with Crippen molar-refractivity contribution in [1.29, 1.82) is 0 Å². The monoisotopic (exact) mass is 319 g/mol. The highest BCUT2D eigenvalue weighted by Crippen LogP contribution is 2.15. The van der Waals surface area contributed by atoms with Crippen LogP contribution in [0.3, 0.4) is 0 Å². The maximum absolute atomic E-state index is 11.8. The van der Waals surface area contributed by atoms with Crippen LogP contribution in [0.15, 0.2) is 48.5 Å². The zero-order valence-electron chi connectivity index (χ0n) is 12.1. The molecule has 116 valence electrons. The molecule has 2 N–H and O–H groups in total. The molecular formula is C17H18ClNO3. The van der Waals surface area contributed by atoms with Crippen LogP contribution in [-0.4, -0.2) is 17.6 Å². The molecule has 0 aliphatic carbocycles. The average molecular weight is 320 g/mol. The lowest BCUT2D eigenvalue weighted by Gasteiger charge is -2.09. The van der Waals surface area contributed by atoms with E-state index in [2.05, 4.69) is 5.32 Å². The van der Waals surface area contributed by atoms with Gasteiger partial charge in [0.25, 0.3) is 0 Å². The predicted molar refractivity (Wildman–Crippen MR) is 85.3 cm³/mol. The van der Waals surface area contributed by atoms with Gasteiger partial charge in [-0.1, -0.05) is 54.1 Å². The van der Waals surface area contributed by atoms with Gasteiger partial charge in [0.15, 0.2) is 0 Å². The molecule has 0 aliphatic heterocycles. The molecule has 4 nitrogen and oxygen atoms in total. The summed E-state index contributed by atoms with van der Waals surface area (Å²) in [5.74, 6) is -0.209. The van der Waals surface area contributed by atoms with Crippen molar-refractivity contribution in [3.05, 3.63) is 70.2 Å². The van der Waals surface area contributed by atoms with E-state index < -0.39 is 0 Å². The molecule has 0 radical (unpaired) electrons. The first-order valence-electron chi connectivity index (χ1n) is 6.96. The van der Waals surface area contributed by atoms with Gasteiger partial charge in [-0.05, 0) is 22.8 Å². The maximum atomic E-state index is 11.8. The highest BCUT2D eigenvalue weighted by atomic mass is 35.5. The largest absolute Gasteiger partial charge is 0.392 e. The number of carbonyl (C=O) groups is 1. The van der Waals surface area contributed by atoms with E-state index in [4.69, 9.17) is 16.3 Å². The number of aliphatic hydroxyl groups is 1. The molecule has 2 aromatic carbocycles. The van der Waals surface area contributed by atoms with Crippen molar-refractivity contribution in [2.75, 3.05) is 6.61 Å². The van der Waals surface area contributed by atoms with Crippen molar-refractivity contribution in [1.82, 2.24) is 5.32 Å². The van der Waals surface area contributed by atoms with Crippen molar-refractivity contribution >= 4 is 17.5 Å². The Hall–Kier alpha value is -1.88. The topological polar surface area (TPSA) is 58.6 Å². The quantitative estimate of drug-likeness (QED) is 0.825. The third-order valence-corrected chi connectivity index (χ3v) is 3.58. The van der Waals surface area contributed by atoms with Crippen molar-refractivity contribution in [3.63, 3.8) is 0 Å². The first kappa shape index (κ1) is 16.5. The predicted octanol–water partition coefficient (Wildman–Crippen LogP) is 2.67. The molecule has 0 atom stereocenters. The molecule has 1 amide bonds. The zero-order valence-corrected chi connectivity index (χ0v) is 12.8. The van der Waals surface area contributed by atoms with Crippen molar-refractivity contribution < 1.29 is 14.6 Å². The molecule has 0 unspecified atom stereocenters. The van der Waals surface area contributed by atoms with Gasteiger partial charge >= 0.3 is 0 Å².